The van der Waals surface area contributed by atoms with Crippen LogP contribution in [0.1, 0.15) is 56.6 Å². The molecule has 0 aliphatic heterocycles. The van der Waals surface area contributed by atoms with Crippen molar-refractivity contribution in [1.29, 1.82) is 0 Å². The number of hydrogen-bond acceptors (Lipinski definition) is 2. The standard InChI is InChI=1S/C17H25NO2/c1-3-4-11-18(16-9-10-16)12-14-5-7-15(8-6-14)13(2)17(19)20/h5-8,13,16H,3-4,9-12H2,1-2H3,(H,19,20). The summed E-state index contributed by atoms with van der Waals surface area (Å²) in [6.07, 6.45) is 5.15. The Morgan fingerprint density at radius 2 is 2.00 bits per heavy atom. The van der Waals surface area contributed by atoms with Crippen LogP contribution in [0.15, 0.2) is 24.3 Å². The molecule has 3 nitrogen and oxygen atoms in total. The molecule has 1 saturated carbocycles. The molecule has 3 heteroatoms. The van der Waals surface area contributed by atoms with Gasteiger partial charge >= 0.3 is 5.97 Å². The van der Waals surface area contributed by atoms with Crippen molar-refractivity contribution in [2.75, 3.05) is 6.54 Å². The normalized spacial score (nSPS) is 16.4. The van der Waals surface area contributed by atoms with Crippen LogP contribution in [0.25, 0.3) is 0 Å². The van der Waals surface area contributed by atoms with Crippen LogP contribution in [0.2, 0.25) is 0 Å². The van der Waals surface area contributed by atoms with Crippen molar-refractivity contribution in [3.63, 3.8) is 0 Å². The van der Waals surface area contributed by atoms with Crippen LogP contribution in [0, 0.1) is 0 Å². The Labute approximate surface area is 121 Å². The maximum atomic E-state index is 11.0. The molecule has 20 heavy (non-hydrogen) atoms. The average Bonchev–Trinajstić information content (AvgIpc) is 3.27. The van der Waals surface area contributed by atoms with E-state index in [1.807, 2.05) is 12.1 Å². The lowest BCUT2D eigenvalue weighted by Crippen LogP contribution is -2.26. The highest BCUT2D eigenvalue weighted by atomic mass is 16.4. The molecule has 2 rings (SSSR count). The van der Waals surface area contributed by atoms with Crippen molar-refractivity contribution in [3.8, 4) is 0 Å². The molecule has 1 fully saturated rings. The maximum Gasteiger partial charge on any atom is 0.310 e. The van der Waals surface area contributed by atoms with E-state index in [-0.39, 0.29) is 0 Å². The highest BCUT2D eigenvalue weighted by molar-refractivity contribution is 5.75. The minimum Gasteiger partial charge on any atom is -0.481 e. The second-order valence-electron chi connectivity index (χ2n) is 5.86. The second kappa shape index (κ2) is 6.89. The predicted molar refractivity (Wildman–Crippen MR) is 80.8 cm³/mol. The van der Waals surface area contributed by atoms with Gasteiger partial charge in [-0.05, 0) is 43.9 Å². The Morgan fingerprint density at radius 1 is 1.35 bits per heavy atom. The van der Waals surface area contributed by atoms with Crippen molar-refractivity contribution in [1.82, 2.24) is 4.90 Å². The summed E-state index contributed by atoms with van der Waals surface area (Å²) in [6.45, 7) is 6.13. The third-order valence-electron chi connectivity index (χ3n) is 4.10. The fourth-order valence-electron chi connectivity index (χ4n) is 2.48. The molecule has 1 aliphatic carbocycles. The molecular weight excluding hydrogens is 250 g/mol. The SMILES string of the molecule is CCCCN(Cc1ccc(C(C)C(=O)O)cc1)C1CC1. The number of carboxylic acids is 1. The third kappa shape index (κ3) is 4.07. The zero-order valence-electron chi connectivity index (χ0n) is 12.5. The van der Waals surface area contributed by atoms with Gasteiger partial charge in [0, 0.05) is 12.6 Å². The highest BCUT2D eigenvalue weighted by Gasteiger charge is 2.28. The highest BCUT2D eigenvalue weighted by Crippen LogP contribution is 2.28. The number of hydrogen-bond donors (Lipinski definition) is 1. The van der Waals surface area contributed by atoms with E-state index in [1.165, 1.54) is 37.8 Å². The Hall–Kier alpha value is -1.35. The molecule has 1 aliphatic rings. The van der Waals surface area contributed by atoms with Gasteiger partial charge in [0.1, 0.15) is 0 Å². The molecule has 0 saturated heterocycles. The number of nitrogens with zero attached hydrogens (tertiary/aromatic N) is 1. The number of rotatable bonds is 8. The molecule has 0 bridgehead atoms. The van der Waals surface area contributed by atoms with E-state index in [2.05, 4.69) is 24.0 Å². The summed E-state index contributed by atoms with van der Waals surface area (Å²) in [7, 11) is 0. The maximum absolute atomic E-state index is 11.0. The minimum absolute atomic E-state index is 0.427. The van der Waals surface area contributed by atoms with Crippen molar-refractivity contribution in [2.45, 2.75) is 58.0 Å². The van der Waals surface area contributed by atoms with E-state index in [0.717, 1.165) is 18.2 Å². The van der Waals surface area contributed by atoms with Crippen molar-refractivity contribution in [3.05, 3.63) is 35.4 Å². The van der Waals surface area contributed by atoms with E-state index in [1.54, 1.807) is 6.92 Å². The van der Waals surface area contributed by atoms with E-state index in [0.29, 0.717) is 0 Å². The molecule has 1 aromatic carbocycles. The number of unbranched alkanes of at least 4 members (excludes halogenated alkanes) is 1. The smallest absolute Gasteiger partial charge is 0.310 e. The van der Waals surface area contributed by atoms with E-state index in [4.69, 9.17) is 5.11 Å². The molecule has 0 amide bonds. The zero-order chi connectivity index (χ0) is 14.5. The van der Waals surface area contributed by atoms with Gasteiger partial charge in [0.15, 0.2) is 0 Å². The third-order valence-corrected chi connectivity index (χ3v) is 4.10. The lowest BCUT2D eigenvalue weighted by molar-refractivity contribution is -0.138. The molecule has 0 heterocycles. The molecule has 1 aromatic rings. The van der Waals surface area contributed by atoms with Crippen molar-refractivity contribution < 1.29 is 9.90 Å². The molecule has 0 aromatic heterocycles. The summed E-state index contributed by atoms with van der Waals surface area (Å²) in [5.74, 6) is -1.19. The molecule has 1 atom stereocenters. The van der Waals surface area contributed by atoms with Gasteiger partial charge in [-0.3, -0.25) is 9.69 Å². The monoisotopic (exact) mass is 275 g/mol. The molecular formula is C17H25NO2. The number of carboxylic acid groups (broad SMARTS) is 1. The topological polar surface area (TPSA) is 40.5 Å². The van der Waals surface area contributed by atoms with E-state index in [9.17, 15) is 4.79 Å². The van der Waals surface area contributed by atoms with E-state index < -0.39 is 11.9 Å². The van der Waals surface area contributed by atoms with E-state index >= 15 is 0 Å². The van der Waals surface area contributed by atoms with Gasteiger partial charge in [0.2, 0.25) is 0 Å². The van der Waals surface area contributed by atoms with Gasteiger partial charge in [-0.1, -0.05) is 37.6 Å². The molecule has 1 N–H and O–H groups in total. The van der Waals surface area contributed by atoms with Crippen LogP contribution in [0.4, 0.5) is 0 Å². The first-order valence-corrected chi connectivity index (χ1v) is 7.67. The fourth-order valence-corrected chi connectivity index (χ4v) is 2.48. The zero-order valence-corrected chi connectivity index (χ0v) is 12.5. The molecule has 0 radical (unpaired) electrons. The van der Waals surface area contributed by atoms with Crippen LogP contribution in [0.5, 0.6) is 0 Å². The lowest BCUT2D eigenvalue weighted by atomic mass is 10.00. The van der Waals surface area contributed by atoms with Gasteiger partial charge in [-0.15, -0.1) is 0 Å². The first-order chi connectivity index (χ1) is 9.61. The largest absolute Gasteiger partial charge is 0.481 e. The Bertz CT molecular complexity index is 437. The first kappa shape index (κ1) is 15.0. The van der Waals surface area contributed by atoms with Crippen LogP contribution >= 0.6 is 0 Å². The van der Waals surface area contributed by atoms with Gasteiger partial charge in [0.05, 0.1) is 5.92 Å². The number of aliphatic carboxylic acids is 1. The molecule has 110 valence electrons. The van der Waals surface area contributed by atoms with Crippen LogP contribution < -0.4 is 0 Å². The van der Waals surface area contributed by atoms with Gasteiger partial charge in [-0.2, -0.15) is 0 Å². The van der Waals surface area contributed by atoms with Gasteiger partial charge < -0.3 is 5.11 Å². The summed E-state index contributed by atoms with van der Waals surface area (Å²) >= 11 is 0. The minimum atomic E-state index is -0.764. The summed E-state index contributed by atoms with van der Waals surface area (Å²) in [5, 5.41) is 9.02. The van der Waals surface area contributed by atoms with Gasteiger partial charge in [-0.25, -0.2) is 0 Å². The quantitative estimate of drug-likeness (QED) is 0.787. The van der Waals surface area contributed by atoms with Crippen molar-refractivity contribution >= 4 is 5.97 Å². The van der Waals surface area contributed by atoms with Gasteiger partial charge in [0.25, 0.3) is 0 Å². The number of carbonyl (C=O) groups is 1. The Balaban J connectivity index is 1.96. The summed E-state index contributed by atoms with van der Waals surface area (Å²) in [6, 6.07) is 8.85. The lowest BCUT2D eigenvalue weighted by Gasteiger charge is -2.22. The summed E-state index contributed by atoms with van der Waals surface area (Å²) in [5.41, 5.74) is 2.17. The number of benzene rings is 1. The summed E-state index contributed by atoms with van der Waals surface area (Å²) in [4.78, 5) is 13.5. The van der Waals surface area contributed by atoms with Crippen LogP contribution in [-0.2, 0) is 11.3 Å². The summed E-state index contributed by atoms with van der Waals surface area (Å²) < 4.78 is 0. The Kier molecular flexibility index (Phi) is 5.18. The van der Waals surface area contributed by atoms with Crippen LogP contribution in [-0.4, -0.2) is 28.6 Å². The Morgan fingerprint density at radius 3 is 2.50 bits per heavy atom. The first-order valence-electron chi connectivity index (χ1n) is 7.67. The molecule has 0 spiro atoms. The van der Waals surface area contributed by atoms with Crippen LogP contribution in [0.3, 0.4) is 0 Å². The predicted octanol–water partition coefficient (Wildman–Crippen LogP) is 3.64. The van der Waals surface area contributed by atoms with Crippen molar-refractivity contribution in [2.24, 2.45) is 0 Å². The fraction of sp³-hybridized carbons (Fsp3) is 0.588. The second-order valence-corrected chi connectivity index (χ2v) is 5.86. The average molecular weight is 275 g/mol. The molecule has 1 unspecified atom stereocenters.